The van der Waals surface area contributed by atoms with E-state index >= 15 is 0 Å². The number of halogens is 1. The van der Waals surface area contributed by atoms with Crippen molar-refractivity contribution in [2.75, 3.05) is 23.3 Å². The van der Waals surface area contributed by atoms with Crippen molar-refractivity contribution in [2.45, 2.75) is 52.6 Å². The second kappa shape index (κ2) is 9.23. The lowest BCUT2D eigenvalue weighted by Crippen LogP contribution is -2.41. The summed E-state index contributed by atoms with van der Waals surface area (Å²) >= 11 is 1.26. The zero-order valence-electron chi connectivity index (χ0n) is 18.2. The Kier molecular flexibility index (Phi) is 6.40. The molecule has 0 unspecified atom stereocenters. The second-order valence-corrected chi connectivity index (χ2v) is 9.03. The SMILES string of the molecule is CCCn1c(=O)c2sc(N3CCCCC3)nc2n(CC(=O)Nc2ccc(C)cc2F)c1=O. The molecule has 170 valence electrons. The van der Waals surface area contributed by atoms with E-state index < -0.39 is 17.4 Å². The lowest BCUT2D eigenvalue weighted by molar-refractivity contribution is -0.116. The normalized spacial score (nSPS) is 14.2. The van der Waals surface area contributed by atoms with Gasteiger partial charge in [-0.2, -0.15) is 0 Å². The van der Waals surface area contributed by atoms with Crippen molar-refractivity contribution in [1.29, 1.82) is 0 Å². The van der Waals surface area contributed by atoms with Gasteiger partial charge in [0.25, 0.3) is 5.56 Å². The minimum atomic E-state index is -0.584. The number of aryl methyl sites for hydroxylation is 1. The minimum Gasteiger partial charge on any atom is -0.348 e. The number of benzene rings is 1. The molecule has 1 aromatic carbocycles. The molecule has 3 heterocycles. The van der Waals surface area contributed by atoms with E-state index in [-0.39, 0.29) is 30.0 Å². The van der Waals surface area contributed by atoms with E-state index in [1.807, 2.05) is 6.92 Å². The first-order chi connectivity index (χ1) is 15.4. The highest BCUT2D eigenvalue weighted by molar-refractivity contribution is 7.22. The predicted octanol–water partition coefficient (Wildman–Crippen LogP) is 3.11. The van der Waals surface area contributed by atoms with Gasteiger partial charge >= 0.3 is 5.69 Å². The van der Waals surface area contributed by atoms with Crippen LogP contribution in [0.25, 0.3) is 10.3 Å². The van der Waals surface area contributed by atoms with Gasteiger partial charge in [0, 0.05) is 19.6 Å². The van der Waals surface area contributed by atoms with E-state index in [0.29, 0.717) is 16.3 Å². The molecular formula is C22H26FN5O3S. The summed E-state index contributed by atoms with van der Waals surface area (Å²) < 4.78 is 16.9. The Morgan fingerprint density at radius 3 is 2.62 bits per heavy atom. The van der Waals surface area contributed by atoms with Crippen LogP contribution in [0.15, 0.2) is 27.8 Å². The zero-order chi connectivity index (χ0) is 22.8. The predicted molar refractivity (Wildman–Crippen MR) is 124 cm³/mol. The van der Waals surface area contributed by atoms with Crippen molar-refractivity contribution >= 4 is 38.4 Å². The molecule has 0 aliphatic carbocycles. The van der Waals surface area contributed by atoms with Crippen LogP contribution in [0.5, 0.6) is 0 Å². The number of thiazole rings is 1. The monoisotopic (exact) mass is 459 g/mol. The van der Waals surface area contributed by atoms with E-state index in [0.717, 1.165) is 42.5 Å². The van der Waals surface area contributed by atoms with Gasteiger partial charge in [0.15, 0.2) is 10.8 Å². The summed E-state index contributed by atoms with van der Waals surface area (Å²) in [6.45, 7) is 5.21. The first kappa shape index (κ1) is 22.2. The van der Waals surface area contributed by atoms with Crippen molar-refractivity contribution in [2.24, 2.45) is 0 Å². The molecule has 1 fully saturated rings. The molecule has 0 spiro atoms. The van der Waals surface area contributed by atoms with Crippen LogP contribution in [0.3, 0.4) is 0 Å². The number of piperidine rings is 1. The molecule has 0 radical (unpaired) electrons. The fourth-order valence-corrected chi connectivity index (χ4v) is 4.98. The fraction of sp³-hybridized carbons (Fsp3) is 0.455. The third-order valence-corrected chi connectivity index (χ3v) is 6.62. The van der Waals surface area contributed by atoms with Gasteiger partial charge in [-0.3, -0.25) is 18.7 Å². The van der Waals surface area contributed by atoms with E-state index in [1.165, 1.54) is 28.0 Å². The fourth-order valence-electron chi connectivity index (χ4n) is 3.91. The summed E-state index contributed by atoms with van der Waals surface area (Å²) in [6.07, 6.45) is 3.85. The highest BCUT2D eigenvalue weighted by Crippen LogP contribution is 2.28. The van der Waals surface area contributed by atoms with Crippen LogP contribution in [-0.4, -0.2) is 33.1 Å². The average Bonchev–Trinajstić information content (AvgIpc) is 3.22. The molecule has 2 aromatic heterocycles. The molecule has 8 nitrogen and oxygen atoms in total. The average molecular weight is 460 g/mol. The van der Waals surface area contributed by atoms with Gasteiger partial charge in [0.1, 0.15) is 17.1 Å². The number of nitrogens with zero attached hydrogens (tertiary/aromatic N) is 4. The molecule has 10 heteroatoms. The molecule has 1 aliphatic heterocycles. The number of carbonyl (C=O) groups excluding carboxylic acids is 1. The molecular weight excluding hydrogens is 433 g/mol. The van der Waals surface area contributed by atoms with Crippen LogP contribution >= 0.6 is 11.3 Å². The first-order valence-corrected chi connectivity index (χ1v) is 11.7. The van der Waals surface area contributed by atoms with Crippen molar-refractivity contribution in [3.8, 4) is 0 Å². The minimum absolute atomic E-state index is 0.0408. The number of aromatic nitrogens is 3. The number of fused-ring (bicyclic) bond motifs is 1. The summed E-state index contributed by atoms with van der Waals surface area (Å²) in [5.41, 5.74) is 0.0162. The van der Waals surface area contributed by atoms with Gasteiger partial charge in [0.2, 0.25) is 5.91 Å². The van der Waals surface area contributed by atoms with Gasteiger partial charge < -0.3 is 10.2 Å². The van der Waals surface area contributed by atoms with Gasteiger partial charge in [0.05, 0.1) is 5.69 Å². The van der Waals surface area contributed by atoms with Gasteiger partial charge in [-0.25, -0.2) is 14.2 Å². The van der Waals surface area contributed by atoms with Gasteiger partial charge in [-0.05, 0) is 50.3 Å². The number of hydrogen-bond donors (Lipinski definition) is 1. The number of carbonyl (C=O) groups is 1. The Bertz CT molecular complexity index is 1270. The van der Waals surface area contributed by atoms with Crippen LogP contribution in [0.4, 0.5) is 15.2 Å². The summed E-state index contributed by atoms with van der Waals surface area (Å²) in [5.74, 6) is -1.11. The second-order valence-electron chi connectivity index (χ2n) is 8.05. The Hall–Kier alpha value is -3.01. The molecule has 32 heavy (non-hydrogen) atoms. The summed E-state index contributed by atoms with van der Waals surface area (Å²) in [5, 5.41) is 3.20. The summed E-state index contributed by atoms with van der Waals surface area (Å²) in [4.78, 5) is 45.5. The van der Waals surface area contributed by atoms with E-state index in [4.69, 9.17) is 0 Å². The molecule has 1 aliphatic rings. The third kappa shape index (κ3) is 4.32. The highest BCUT2D eigenvalue weighted by Gasteiger charge is 2.22. The van der Waals surface area contributed by atoms with E-state index in [2.05, 4.69) is 15.2 Å². The largest absolute Gasteiger partial charge is 0.348 e. The maximum Gasteiger partial charge on any atom is 0.333 e. The smallest absolute Gasteiger partial charge is 0.333 e. The standard InChI is InChI=1S/C22H26FN5O3S/c1-3-9-27-20(30)18-19(25-21(32-18)26-10-5-4-6-11-26)28(22(27)31)13-17(29)24-16-8-7-14(2)12-15(16)23/h7-8,12H,3-6,9-11,13H2,1-2H3,(H,24,29). The number of rotatable bonds is 6. The first-order valence-electron chi connectivity index (χ1n) is 10.8. The molecule has 3 aromatic rings. The van der Waals surface area contributed by atoms with Crippen molar-refractivity contribution in [3.05, 3.63) is 50.4 Å². The van der Waals surface area contributed by atoms with Crippen molar-refractivity contribution in [1.82, 2.24) is 14.1 Å². The maximum atomic E-state index is 14.2. The number of nitrogens with one attached hydrogen (secondary N) is 1. The quantitative estimate of drug-likeness (QED) is 0.612. The third-order valence-electron chi connectivity index (χ3n) is 5.53. The van der Waals surface area contributed by atoms with Crippen LogP contribution in [0, 0.1) is 12.7 Å². The van der Waals surface area contributed by atoms with Gasteiger partial charge in [-0.1, -0.05) is 24.3 Å². The highest BCUT2D eigenvalue weighted by atomic mass is 32.1. The van der Waals surface area contributed by atoms with Crippen molar-refractivity contribution in [3.63, 3.8) is 0 Å². The maximum absolute atomic E-state index is 14.2. The van der Waals surface area contributed by atoms with Crippen LogP contribution in [-0.2, 0) is 17.9 Å². The van der Waals surface area contributed by atoms with Gasteiger partial charge in [-0.15, -0.1) is 0 Å². The van der Waals surface area contributed by atoms with Crippen molar-refractivity contribution < 1.29 is 9.18 Å². The van der Waals surface area contributed by atoms with E-state index in [9.17, 15) is 18.8 Å². The summed E-state index contributed by atoms with van der Waals surface area (Å²) in [6, 6.07) is 4.50. The number of anilines is 2. The molecule has 1 amide bonds. The molecule has 0 saturated carbocycles. The lowest BCUT2D eigenvalue weighted by Gasteiger charge is -2.25. The lowest BCUT2D eigenvalue weighted by atomic mass is 10.1. The zero-order valence-corrected chi connectivity index (χ0v) is 19.0. The molecule has 4 rings (SSSR count). The Morgan fingerprint density at radius 1 is 1.19 bits per heavy atom. The Morgan fingerprint density at radius 2 is 1.94 bits per heavy atom. The van der Waals surface area contributed by atoms with E-state index in [1.54, 1.807) is 13.0 Å². The van der Waals surface area contributed by atoms with Crippen LogP contribution in [0.1, 0.15) is 38.2 Å². The summed E-state index contributed by atoms with van der Waals surface area (Å²) in [7, 11) is 0. The molecule has 1 N–H and O–H groups in total. The molecule has 0 atom stereocenters. The number of hydrogen-bond acceptors (Lipinski definition) is 6. The topological polar surface area (TPSA) is 89.2 Å². The molecule has 0 bridgehead atoms. The van der Waals surface area contributed by atoms with Crippen LogP contribution in [0.2, 0.25) is 0 Å². The Balaban J connectivity index is 1.74. The van der Waals surface area contributed by atoms with Crippen LogP contribution < -0.4 is 21.5 Å². The Labute approximate surface area is 188 Å². The number of amides is 1. The molecule has 1 saturated heterocycles.